The molecule has 1 aliphatic rings. The largest absolute Gasteiger partial charge is 0.373 e. The Morgan fingerprint density at radius 1 is 1.44 bits per heavy atom. The highest BCUT2D eigenvalue weighted by atomic mass is 16.6. The van der Waals surface area contributed by atoms with Gasteiger partial charge in [0.05, 0.1) is 12.7 Å². The van der Waals surface area contributed by atoms with Crippen molar-refractivity contribution in [2.45, 2.75) is 33.8 Å². The van der Waals surface area contributed by atoms with Crippen LogP contribution in [0.2, 0.25) is 0 Å². The van der Waals surface area contributed by atoms with Crippen LogP contribution in [-0.2, 0) is 4.74 Å². The number of epoxide rings is 1. The molecule has 2 atom stereocenters. The van der Waals surface area contributed by atoms with Gasteiger partial charge in [-0.15, -0.1) is 0 Å². The quantitative estimate of drug-likeness (QED) is 0.492. The third kappa shape index (κ3) is 1.68. The average Bonchev–Trinajstić information content (AvgIpc) is 2.40. The van der Waals surface area contributed by atoms with Crippen molar-refractivity contribution in [2.24, 2.45) is 11.3 Å². The van der Waals surface area contributed by atoms with Crippen molar-refractivity contribution in [3.63, 3.8) is 0 Å². The van der Waals surface area contributed by atoms with Crippen molar-refractivity contribution in [1.82, 2.24) is 0 Å². The number of hydrogen-bond donors (Lipinski definition) is 0. The molecular weight excluding hydrogens is 112 g/mol. The lowest BCUT2D eigenvalue weighted by atomic mass is 9.80. The summed E-state index contributed by atoms with van der Waals surface area (Å²) in [5, 5.41) is 0. The van der Waals surface area contributed by atoms with Gasteiger partial charge >= 0.3 is 0 Å². The molecule has 0 N–H and O–H groups in total. The van der Waals surface area contributed by atoms with Crippen molar-refractivity contribution in [3.8, 4) is 0 Å². The number of hydrogen-bond acceptors (Lipinski definition) is 1. The fourth-order valence-electron chi connectivity index (χ4n) is 0.902. The maximum Gasteiger partial charge on any atom is 0.0840 e. The molecule has 0 aromatic rings. The second-order valence-corrected chi connectivity index (χ2v) is 4.03. The summed E-state index contributed by atoms with van der Waals surface area (Å²) < 4.78 is 5.20. The fourth-order valence-corrected chi connectivity index (χ4v) is 0.902. The topological polar surface area (TPSA) is 12.5 Å². The minimum atomic E-state index is 0.418. The van der Waals surface area contributed by atoms with Crippen molar-refractivity contribution in [1.29, 1.82) is 0 Å². The van der Waals surface area contributed by atoms with Gasteiger partial charge in [-0.3, -0.25) is 0 Å². The van der Waals surface area contributed by atoms with Crippen LogP contribution in [0.3, 0.4) is 0 Å². The molecule has 1 saturated heterocycles. The Labute approximate surface area is 57.4 Å². The third-order valence-corrected chi connectivity index (χ3v) is 2.28. The van der Waals surface area contributed by atoms with Gasteiger partial charge in [0.2, 0.25) is 0 Å². The Kier molecular flexibility index (Phi) is 1.55. The number of ether oxygens (including phenoxy) is 1. The van der Waals surface area contributed by atoms with Crippen LogP contribution < -0.4 is 0 Å². The van der Waals surface area contributed by atoms with Crippen LogP contribution in [0.25, 0.3) is 0 Å². The molecule has 0 spiro atoms. The first-order valence-electron chi connectivity index (χ1n) is 3.63. The van der Waals surface area contributed by atoms with E-state index in [0.29, 0.717) is 17.4 Å². The second-order valence-electron chi connectivity index (χ2n) is 4.03. The highest BCUT2D eigenvalue weighted by Gasteiger charge is 2.36. The maximum absolute atomic E-state index is 5.20. The molecule has 0 aromatic heterocycles. The van der Waals surface area contributed by atoms with Crippen LogP contribution in [-0.4, -0.2) is 12.7 Å². The molecule has 1 heteroatoms. The van der Waals surface area contributed by atoms with E-state index in [9.17, 15) is 0 Å². The minimum Gasteiger partial charge on any atom is -0.373 e. The molecule has 0 amide bonds. The lowest BCUT2D eigenvalue weighted by molar-refractivity contribution is 0.202. The number of rotatable bonds is 1. The lowest BCUT2D eigenvalue weighted by Gasteiger charge is -2.25. The van der Waals surface area contributed by atoms with Crippen LogP contribution in [0.4, 0.5) is 0 Å². The van der Waals surface area contributed by atoms with E-state index in [0.717, 1.165) is 6.61 Å². The highest BCUT2D eigenvalue weighted by Crippen LogP contribution is 2.34. The van der Waals surface area contributed by atoms with E-state index < -0.39 is 0 Å². The molecule has 2 unspecified atom stereocenters. The molecule has 1 nitrogen and oxygen atoms in total. The van der Waals surface area contributed by atoms with Crippen LogP contribution in [0, 0.1) is 11.3 Å². The summed E-state index contributed by atoms with van der Waals surface area (Å²) in [4.78, 5) is 0. The molecular formula is C8H16O. The van der Waals surface area contributed by atoms with E-state index in [4.69, 9.17) is 4.74 Å². The molecule has 0 aliphatic carbocycles. The molecule has 0 bridgehead atoms. The lowest BCUT2D eigenvalue weighted by Crippen LogP contribution is -2.21. The Morgan fingerprint density at radius 3 is 2.00 bits per heavy atom. The van der Waals surface area contributed by atoms with Gasteiger partial charge in [0.15, 0.2) is 0 Å². The molecule has 0 saturated carbocycles. The van der Waals surface area contributed by atoms with Crippen molar-refractivity contribution < 1.29 is 4.74 Å². The molecule has 1 heterocycles. The van der Waals surface area contributed by atoms with E-state index in [1.54, 1.807) is 0 Å². The summed E-state index contributed by atoms with van der Waals surface area (Å²) >= 11 is 0. The van der Waals surface area contributed by atoms with E-state index in [1.165, 1.54) is 0 Å². The minimum absolute atomic E-state index is 0.418. The molecule has 1 rings (SSSR count). The molecule has 1 fully saturated rings. The summed E-state index contributed by atoms with van der Waals surface area (Å²) in [5.74, 6) is 0.706. The van der Waals surface area contributed by atoms with Gasteiger partial charge in [0.25, 0.3) is 0 Å². The predicted octanol–water partition coefficient (Wildman–Crippen LogP) is 2.07. The normalized spacial score (nSPS) is 30.0. The molecule has 1 aliphatic heterocycles. The first kappa shape index (κ1) is 7.07. The van der Waals surface area contributed by atoms with Gasteiger partial charge in [0, 0.05) is 0 Å². The van der Waals surface area contributed by atoms with Crippen molar-refractivity contribution in [2.75, 3.05) is 6.61 Å². The van der Waals surface area contributed by atoms with Crippen LogP contribution in [0.5, 0.6) is 0 Å². The van der Waals surface area contributed by atoms with Gasteiger partial charge in [-0.25, -0.2) is 0 Å². The monoisotopic (exact) mass is 128 g/mol. The molecule has 9 heavy (non-hydrogen) atoms. The summed E-state index contributed by atoms with van der Waals surface area (Å²) in [6, 6.07) is 0. The Hall–Kier alpha value is -0.0400. The standard InChI is InChI=1S/C8H16O/c1-6(7-5-9-7)8(2,3)4/h6-7H,5H2,1-4H3. The van der Waals surface area contributed by atoms with Gasteiger partial charge in [-0.2, -0.15) is 0 Å². The fraction of sp³-hybridized carbons (Fsp3) is 1.00. The Bertz CT molecular complexity index is 97.6. The zero-order chi connectivity index (χ0) is 7.07. The van der Waals surface area contributed by atoms with Crippen molar-refractivity contribution in [3.05, 3.63) is 0 Å². The van der Waals surface area contributed by atoms with Gasteiger partial charge in [0.1, 0.15) is 0 Å². The van der Waals surface area contributed by atoms with E-state index >= 15 is 0 Å². The van der Waals surface area contributed by atoms with Gasteiger partial charge < -0.3 is 4.74 Å². The first-order valence-corrected chi connectivity index (χ1v) is 3.63. The molecule has 0 aromatic carbocycles. The summed E-state index contributed by atoms with van der Waals surface area (Å²) in [6.07, 6.45) is 0.560. The van der Waals surface area contributed by atoms with Crippen LogP contribution in [0.15, 0.2) is 0 Å². The van der Waals surface area contributed by atoms with E-state index in [1.807, 2.05) is 0 Å². The second kappa shape index (κ2) is 1.98. The van der Waals surface area contributed by atoms with Gasteiger partial charge in [-0.05, 0) is 11.3 Å². The van der Waals surface area contributed by atoms with Crippen LogP contribution >= 0.6 is 0 Å². The van der Waals surface area contributed by atoms with E-state index in [2.05, 4.69) is 27.7 Å². The highest BCUT2D eigenvalue weighted by molar-refractivity contribution is 4.83. The summed E-state index contributed by atoms with van der Waals surface area (Å²) in [6.45, 7) is 10.0. The van der Waals surface area contributed by atoms with Gasteiger partial charge in [-0.1, -0.05) is 27.7 Å². The zero-order valence-electron chi connectivity index (χ0n) is 6.77. The Morgan fingerprint density at radius 2 is 1.89 bits per heavy atom. The average molecular weight is 128 g/mol. The summed E-state index contributed by atoms with van der Waals surface area (Å²) in [5.41, 5.74) is 0.418. The smallest absolute Gasteiger partial charge is 0.0840 e. The predicted molar refractivity (Wildman–Crippen MR) is 38.4 cm³/mol. The molecule has 54 valence electrons. The Balaban J connectivity index is 2.40. The van der Waals surface area contributed by atoms with E-state index in [-0.39, 0.29) is 0 Å². The summed E-state index contributed by atoms with van der Waals surface area (Å²) in [7, 11) is 0. The van der Waals surface area contributed by atoms with Crippen LogP contribution in [0.1, 0.15) is 27.7 Å². The SMILES string of the molecule is CC(C1CO1)C(C)(C)C. The zero-order valence-corrected chi connectivity index (χ0v) is 6.77. The third-order valence-electron chi connectivity index (χ3n) is 2.28. The van der Waals surface area contributed by atoms with Crippen molar-refractivity contribution >= 4 is 0 Å². The first-order chi connectivity index (χ1) is 4.02. The maximum atomic E-state index is 5.20. The molecule has 0 radical (unpaired) electrons.